The number of rotatable bonds is 3. The molecule has 0 aromatic carbocycles. The van der Waals surface area contributed by atoms with Gasteiger partial charge in [0.1, 0.15) is 11.3 Å². The van der Waals surface area contributed by atoms with Crippen LogP contribution in [0.2, 0.25) is 0 Å². The number of ether oxygens (including phenoxy) is 1. The van der Waals surface area contributed by atoms with E-state index in [0.29, 0.717) is 16.9 Å². The molecule has 3 rings (SSSR count). The fourth-order valence-corrected chi connectivity index (χ4v) is 2.65. The van der Waals surface area contributed by atoms with Crippen molar-refractivity contribution in [3.63, 3.8) is 0 Å². The van der Waals surface area contributed by atoms with E-state index in [4.69, 9.17) is 10.5 Å². The molecule has 1 amide bonds. The number of nitrogens with one attached hydrogen (secondary N) is 1. The van der Waals surface area contributed by atoms with Gasteiger partial charge < -0.3 is 10.5 Å². The molecule has 2 heterocycles. The van der Waals surface area contributed by atoms with E-state index in [1.54, 1.807) is 13.0 Å². The van der Waals surface area contributed by atoms with Gasteiger partial charge in [0, 0.05) is 12.0 Å². The molecule has 0 saturated heterocycles. The van der Waals surface area contributed by atoms with Crippen molar-refractivity contribution in [3.05, 3.63) is 41.8 Å². The van der Waals surface area contributed by atoms with Crippen LogP contribution in [0.1, 0.15) is 30.7 Å². The van der Waals surface area contributed by atoms with Gasteiger partial charge in [0.15, 0.2) is 5.82 Å². The van der Waals surface area contributed by atoms with Crippen molar-refractivity contribution < 1.29 is 9.53 Å². The Morgan fingerprint density at radius 1 is 1.38 bits per heavy atom. The molecule has 0 fully saturated rings. The first-order valence-electron chi connectivity index (χ1n) is 7.80. The Morgan fingerprint density at radius 2 is 2.21 bits per heavy atom. The third kappa shape index (κ3) is 3.19. The Bertz CT molecular complexity index is 844. The number of aryl methyl sites for hydroxylation is 1. The maximum absolute atomic E-state index is 11.5. The summed E-state index contributed by atoms with van der Waals surface area (Å²) in [5, 5.41) is 2.53. The van der Waals surface area contributed by atoms with Crippen LogP contribution in [0.25, 0.3) is 11.0 Å². The van der Waals surface area contributed by atoms with Gasteiger partial charge in [-0.1, -0.05) is 24.3 Å². The van der Waals surface area contributed by atoms with Crippen LogP contribution in [0, 0.1) is 6.92 Å². The minimum absolute atomic E-state index is 0.184. The molecule has 0 spiro atoms. The van der Waals surface area contributed by atoms with E-state index >= 15 is 0 Å². The first kappa shape index (κ1) is 15.9. The smallest absolute Gasteiger partial charge is 0.412 e. The highest BCUT2D eigenvalue weighted by Crippen LogP contribution is 2.28. The largest absolute Gasteiger partial charge is 0.450 e. The first-order chi connectivity index (χ1) is 11.6. The van der Waals surface area contributed by atoms with E-state index in [9.17, 15) is 4.79 Å². The average molecular weight is 325 g/mol. The number of nitrogens with two attached hydrogens (primary N) is 1. The highest BCUT2D eigenvalue weighted by molar-refractivity contribution is 5.91. The maximum atomic E-state index is 11.5. The average Bonchev–Trinajstić information content (AvgIpc) is 2.55. The van der Waals surface area contributed by atoms with Crippen molar-refractivity contribution in [1.82, 2.24) is 15.0 Å². The monoisotopic (exact) mass is 325 g/mol. The Labute approximate surface area is 139 Å². The van der Waals surface area contributed by atoms with Crippen molar-refractivity contribution in [2.75, 3.05) is 17.7 Å². The summed E-state index contributed by atoms with van der Waals surface area (Å²) in [5.74, 6) is 0.701. The summed E-state index contributed by atoms with van der Waals surface area (Å²) in [6.07, 6.45) is 8.53. The SMILES string of the molecule is CCOC(=O)Nc1cc2nc(C)c(C3C=CC=CC3)nc2c(N)n1. The molecule has 1 aliphatic carbocycles. The Balaban J connectivity index is 1.99. The van der Waals surface area contributed by atoms with Gasteiger partial charge in [-0.15, -0.1) is 0 Å². The number of aromatic nitrogens is 3. The second kappa shape index (κ2) is 6.66. The first-order valence-corrected chi connectivity index (χ1v) is 7.80. The lowest BCUT2D eigenvalue weighted by Crippen LogP contribution is -2.15. The van der Waals surface area contributed by atoms with Crippen LogP contribution in [-0.4, -0.2) is 27.7 Å². The number of allylic oxidation sites excluding steroid dienone is 4. The van der Waals surface area contributed by atoms with Gasteiger partial charge in [0.2, 0.25) is 0 Å². The lowest BCUT2D eigenvalue weighted by Gasteiger charge is -2.16. The summed E-state index contributed by atoms with van der Waals surface area (Å²) in [5.41, 5.74) is 8.87. The number of carbonyl (C=O) groups is 1. The molecular formula is C17H19N5O2. The predicted molar refractivity (Wildman–Crippen MR) is 92.8 cm³/mol. The molecule has 1 unspecified atom stereocenters. The van der Waals surface area contributed by atoms with Crippen LogP contribution < -0.4 is 11.1 Å². The number of hydrogen-bond acceptors (Lipinski definition) is 6. The fraction of sp³-hybridized carbons (Fsp3) is 0.294. The van der Waals surface area contributed by atoms with Crippen molar-refractivity contribution >= 4 is 28.8 Å². The van der Waals surface area contributed by atoms with Crippen LogP contribution in [0.3, 0.4) is 0 Å². The number of nitrogens with zero attached hydrogens (tertiary/aromatic N) is 3. The number of amides is 1. The lowest BCUT2D eigenvalue weighted by molar-refractivity contribution is 0.168. The fourth-order valence-electron chi connectivity index (χ4n) is 2.65. The highest BCUT2D eigenvalue weighted by Gasteiger charge is 2.17. The molecule has 0 radical (unpaired) electrons. The molecule has 0 saturated carbocycles. The molecule has 2 aromatic rings. The van der Waals surface area contributed by atoms with Gasteiger partial charge in [-0.2, -0.15) is 0 Å². The molecule has 3 N–H and O–H groups in total. The third-order valence-electron chi connectivity index (χ3n) is 3.73. The van der Waals surface area contributed by atoms with Crippen LogP contribution in [0.5, 0.6) is 0 Å². The summed E-state index contributed by atoms with van der Waals surface area (Å²) in [7, 11) is 0. The third-order valence-corrected chi connectivity index (χ3v) is 3.73. The number of fused-ring (bicyclic) bond motifs is 1. The van der Waals surface area contributed by atoms with Gasteiger partial charge in [0.05, 0.1) is 23.5 Å². The molecule has 7 heteroatoms. The Kier molecular flexibility index (Phi) is 4.41. The number of hydrogen-bond donors (Lipinski definition) is 2. The topological polar surface area (TPSA) is 103 Å². The molecule has 7 nitrogen and oxygen atoms in total. The van der Waals surface area contributed by atoms with Gasteiger partial charge >= 0.3 is 6.09 Å². The Morgan fingerprint density at radius 3 is 2.92 bits per heavy atom. The normalized spacial score (nSPS) is 16.3. The van der Waals surface area contributed by atoms with Crippen LogP contribution in [0.15, 0.2) is 30.4 Å². The van der Waals surface area contributed by atoms with Crippen LogP contribution in [0.4, 0.5) is 16.4 Å². The second-order valence-corrected chi connectivity index (χ2v) is 5.46. The lowest BCUT2D eigenvalue weighted by atomic mass is 9.95. The minimum atomic E-state index is -0.579. The van der Waals surface area contributed by atoms with Crippen LogP contribution in [-0.2, 0) is 4.74 Å². The van der Waals surface area contributed by atoms with E-state index in [0.717, 1.165) is 17.8 Å². The second-order valence-electron chi connectivity index (χ2n) is 5.46. The number of carbonyl (C=O) groups excluding carboxylic acids is 1. The zero-order chi connectivity index (χ0) is 17.1. The predicted octanol–water partition coefficient (Wildman–Crippen LogP) is 3.08. The molecule has 0 aliphatic heterocycles. The molecular weight excluding hydrogens is 306 g/mol. The van der Waals surface area contributed by atoms with Gasteiger partial charge in [0.25, 0.3) is 0 Å². The number of anilines is 2. The van der Waals surface area contributed by atoms with E-state index in [-0.39, 0.29) is 18.3 Å². The van der Waals surface area contributed by atoms with Gasteiger partial charge in [-0.25, -0.2) is 19.7 Å². The zero-order valence-corrected chi connectivity index (χ0v) is 13.6. The summed E-state index contributed by atoms with van der Waals surface area (Å²) in [6.45, 7) is 3.93. The van der Waals surface area contributed by atoms with Gasteiger partial charge in [-0.05, 0) is 20.3 Å². The molecule has 24 heavy (non-hydrogen) atoms. The van der Waals surface area contributed by atoms with Crippen molar-refractivity contribution in [2.45, 2.75) is 26.2 Å². The standard InChI is InChI=1S/C17H19N5O2/c1-3-24-17(23)21-13-9-12-15(16(18)20-13)22-14(10(2)19-12)11-7-5-4-6-8-11/h4-7,9,11H,3,8H2,1-2H3,(H3,18,20,21,23). The van der Waals surface area contributed by atoms with Crippen molar-refractivity contribution in [2.24, 2.45) is 0 Å². The van der Waals surface area contributed by atoms with E-state index in [1.807, 2.05) is 19.1 Å². The summed E-state index contributed by atoms with van der Waals surface area (Å²) < 4.78 is 4.84. The van der Waals surface area contributed by atoms with E-state index < -0.39 is 6.09 Å². The van der Waals surface area contributed by atoms with E-state index in [1.165, 1.54) is 0 Å². The van der Waals surface area contributed by atoms with Crippen molar-refractivity contribution in [1.29, 1.82) is 0 Å². The Hall–Kier alpha value is -2.96. The summed E-state index contributed by atoms with van der Waals surface area (Å²) in [6, 6.07) is 1.64. The molecule has 1 atom stereocenters. The maximum Gasteiger partial charge on any atom is 0.412 e. The summed E-state index contributed by atoms with van der Waals surface area (Å²) in [4.78, 5) is 25.0. The number of pyridine rings is 1. The van der Waals surface area contributed by atoms with Crippen LogP contribution >= 0.6 is 0 Å². The molecule has 124 valence electrons. The highest BCUT2D eigenvalue weighted by atomic mass is 16.5. The van der Waals surface area contributed by atoms with Gasteiger partial charge in [-0.3, -0.25) is 5.32 Å². The zero-order valence-electron chi connectivity index (χ0n) is 13.6. The molecule has 0 bridgehead atoms. The minimum Gasteiger partial charge on any atom is -0.450 e. The molecule has 2 aromatic heterocycles. The quantitative estimate of drug-likeness (QED) is 0.899. The van der Waals surface area contributed by atoms with Crippen molar-refractivity contribution in [3.8, 4) is 0 Å². The molecule has 1 aliphatic rings. The number of nitrogen functional groups attached to an aromatic ring is 1. The van der Waals surface area contributed by atoms with E-state index in [2.05, 4.69) is 32.4 Å². The summed E-state index contributed by atoms with van der Waals surface area (Å²) >= 11 is 0.